The molecule has 0 aromatic carbocycles. The summed E-state index contributed by atoms with van der Waals surface area (Å²) >= 11 is 0. The molecule has 372 valence electrons. The molecule has 0 aliphatic heterocycles. The second-order valence-corrected chi connectivity index (χ2v) is 19.0. The van der Waals surface area contributed by atoms with Crippen LogP contribution >= 0.6 is 0 Å². The van der Waals surface area contributed by atoms with Crippen LogP contribution in [-0.4, -0.2) is 34.9 Å². The van der Waals surface area contributed by atoms with E-state index in [1.165, 1.54) is 193 Å². The Bertz CT molecular complexity index is 1100. The van der Waals surface area contributed by atoms with Gasteiger partial charge in [-0.05, 0) is 64.2 Å². The minimum absolute atomic E-state index is 0.0395. The highest BCUT2D eigenvalue weighted by Crippen LogP contribution is 2.17. The normalized spacial score (nSPS) is 13.4. The molecule has 0 saturated heterocycles. The summed E-state index contributed by atoms with van der Waals surface area (Å²) in [6, 6.07) is -0.546. The molecule has 0 fully saturated rings. The molecule has 1 amide bonds. The molecule has 2 unspecified atom stereocenters. The van der Waals surface area contributed by atoms with E-state index in [0.29, 0.717) is 12.8 Å². The summed E-state index contributed by atoms with van der Waals surface area (Å²) in [4.78, 5) is 12.5. The number of hydrogen-bond donors (Lipinski definition) is 3. The molecular formula is C60H109NO3. The number of carbonyl (C=O) groups is 1. The molecule has 0 radical (unpaired) electrons. The van der Waals surface area contributed by atoms with Crippen molar-refractivity contribution in [1.82, 2.24) is 5.32 Å². The van der Waals surface area contributed by atoms with Crippen molar-refractivity contribution in [3.8, 4) is 0 Å². The van der Waals surface area contributed by atoms with Gasteiger partial charge in [-0.2, -0.15) is 0 Å². The van der Waals surface area contributed by atoms with Gasteiger partial charge >= 0.3 is 0 Å². The minimum atomic E-state index is -0.669. The highest BCUT2D eigenvalue weighted by molar-refractivity contribution is 5.76. The van der Waals surface area contributed by atoms with E-state index in [0.717, 1.165) is 64.2 Å². The van der Waals surface area contributed by atoms with Crippen molar-refractivity contribution in [2.75, 3.05) is 6.61 Å². The highest BCUT2D eigenvalue weighted by atomic mass is 16.3. The second kappa shape index (κ2) is 55.2. The van der Waals surface area contributed by atoms with Crippen molar-refractivity contribution >= 4 is 5.91 Å². The van der Waals surface area contributed by atoms with E-state index in [-0.39, 0.29) is 12.5 Å². The number of rotatable bonds is 51. The highest BCUT2D eigenvalue weighted by Gasteiger charge is 2.20. The van der Waals surface area contributed by atoms with E-state index < -0.39 is 12.1 Å². The zero-order valence-electron chi connectivity index (χ0n) is 42.8. The van der Waals surface area contributed by atoms with Gasteiger partial charge in [-0.25, -0.2) is 0 Å². The van der Waals surface area contributed by atoms with Crippen molar-refractivity contribution in [2.45, 2.75) is 296 Å². The molecular weight excluding hydrogens is 783 g/mol. The molecule has 0 spiro atoms. The maximum absolute atomic E-state index is 12.5. The first-order valence-corrected chi connectivity index (χ1v) is 28.1. The first-order valence-electron chi connectivity index (χ1n) is 28.1. The van der Waals surface area contributed by atoms with Gasteiger partial charge in [0.2, 0.25) is 5.91 Å². The molecule has 0 saturated carbocycles. The summed E-state index contributed by atoms with van der Waals surface area (Å²) in [6.07, 6.45) is 78.8. The van der Waals surface area contributed by atoms with E-state index in [2.05, 4.69) is 92.1 Å². The third-order valence-corrected chi connectivity index (χ3v) is 12.7. The van der Waals surface area contributed by atoms with Crippen LogP contribution in [-0.2, 0) is 4.79 Å². The molecule has 3 N–H and O–H groups in total. The molecule has 4 heteroatoms. The van der Waals surface area contributed by atoms with Crippen LogP contribution in [0.15, 0.2) is 72.9 Å². The standard InChI is InChI=1S/C60H109NO3/c1-3-5-7-9-11-13-15-17-19-21-23-25-27-29-30-32-34-36-38-40-42-44-46-48-50-52-54-56-60(64)61-58(57-62)59(63)55-53-51-49-47-45-43-41-39-37-35-33-31-28-26-24-22-20-18-16-14-12-10-8-6-4-2/h5,7,11,13,17,19,23,25,29-30,34,36,58-59,62-63H,3-4,6,8-10,12,14-16,18,20-22,24,26-28,31-33,35,37-57H2,1-2H3,(H,61,64)/b7-5-,13-11-,19-17-,25-23-,30-29-,36-34-. The summed E-state index contributed by atoms with van der Waals surface area (Å²) in [5.74, 6) is -0.0395. The zero-order chi connectivity index (χ0) is 46.3. The third kappa shape index (κ3) is 50.8. The minimum Gasteiger partial charge on any atom is -0.394 e. The fraction of sp³-hybridized carbons (Fsp3) is 0.783. The molecule has 0 rings (SSSR count). The predicted molar refractivity (Wildman–Crippen MR) is 285 cm³/mol. The molecule has 0 aliphatic carbocycles. The van der Waals surface area contributed by atoms with E-state index in [4.69, 9.17) is 0 Å². The number of amides is 1. The van der Waals surface area contributed by atoms with Crippen LogP contribution in [0.25, 0.3) is 0 Å². The van der Waals surface area contributed by atoms with Crippen LogP contribution in [0.1, 0.15) is 284 Å². The predicted octanol–water partition coefficient (Wildman–Crippen LogP) is 18.6. The van der Waals surface area contributed by atoms with Crippen LogP contribution < -0.4 is 5.32 Å². The van der Waals surface area contributed by atoms with Gasteiger partial charge in [0.15, 0.2) is 0 Å². The number of nitrogens with one attached hydrogen (secondary N) is 1. The first-order chi connectivity index (χ1) is 31.7. The lowest BCUT2D eigenvalue weighted by molar-refractivity contribution is -0.123. The summed E-state index contributed by atoms with van der Waals surface area (Å²) in [7, 11) is 0. The van der Waals surface area contributed by atoms with Crippen molar-refractivity contribution in [1.29, 1.82) is 0 Å². The largest absolute Gasteiger partial charge is 0.394 e. The van der Waals surface area contributed by atoms with Crippen molar-refractivity contribution in [2.24, 2.45) is 0 Å². The van der Waals surface area contributed by atoms with Crippen molar-refractivity contribution in [3.05, 3.63) is 72.9 Å². The summed E-state index contributed by atoms with van der Waals surface area (Å²) in [5, 5.41) is 23.4. The summed E-state index contributed by atoms with van der Waals surface area (Å²) < 4.78 is 0. The van der Waals surface area contributed by atoms with Crippen LogP contribution in [0.2, 0.25) is 0 Å². The average Bonchev–Trinajstić information content (AvgIpc) is 3.30. The Hall–Kier alpha value is -2.17. The molecule has 4 nitrogen and oxygen atoms in total. The van der Waals surface area contributed by atoms with Crippen LogP contribution in [0.3, 0.4) is 0 Å². The topological polar surface area (TPSA) is 69.6 Å². The number of allylic oxidation sites excluding steroid dienone is 12. The van der Waals surface area contributed by atoms with Gasteiger partial charge in [-0.15, -0.1) is 0 Å². The first kappa shape index (κ1) is 61.8. The van der Waals surface area contributed by atoms with Gasteiger partial charge < -0.3 is 15.5 Å². The third-order valence-electron chi connectivity index (χ3n) is 12.7. The number of aliphatic hydroxyl groups is 2. The lowest BCUT2D eigenvalue weighted by Crippen LogP contribution is -2.45. The summed E-state index contributed by atoms with van der Waals surface area (Å²) in [5.41, 5.74) is 0. The SMILES string of the molecule is CC/C=C\C/C=C\C/C=C\C/C=C\C/C=C\C/C=C\CCCCCCCCCCC(=O)NC(CO)C(O)CCCCCCCCCCCCCCCCCCCCCCCCCCC. The molecule has 0 aliphatic rings. The maximum atomic E-state index is 12.5. The van der Waals surface area contributed by atoms with Gasteiger partial charge in [-0.1, -0.05) is 286 Å². The molecule has 2 atom stereocenters. The van der Waals surface area contributed by atoms with Crippen molar-refractivity contribution < 1.29 is 15.0 Å². The van der Waals surface area contributed by atoms with Crippen LogP contribution in [0, 0.1) is 0 Å². The molecule has 0 aromatic rings. The van der Waals surface area contributed by atoms with E-state index >= 15 is 0 Å². The number of aliphatic hydroxyl groups excluding tert-OH is 2. The fourth-order valence-corrected chi connectivity index (χ4v) is 8.48. The smallest absolute Gasteiger partial charge is 0.220 e. The van der Waals surface area contributed by atoms with Crippen LogP contribution in [0.5, 0.6) is 0 Å². The Morgan fingerprint density at radius 1 is 0.391 bits per heavy atom. The van der Waals surface area contributed by atoms with Gasteiger partial charge in [0.05, 0.1) is 18.8 Å². The van der Waals surface area contributed by atoms with Crippen LogP contribution in [0.4, 0.5) is 0 Å². The van der Waals surface area contributed by atoms with Gasteiger partial charge in [0.25, 0.3) is 0 Å². The lowest BCUT2D eigenvalue weighted by atomic mass is 10.0. The Morgan fingerprint density at radius 3 is 1.03 bits per heavy atom. The van der Waals surface area contributed by atoms with Crippen molar-refractivity contribution in [3.63, 3.8) is 0 Å². The Labute approximate surface area is 399 Å². The Kier molecular flexibility index (Phi) is 53.3. The number of hydrogen-bond acceptors (Lipinski definition) is 3. The number of carbonyl (C=O) groups excluding carboxylic acids is 1. The Balaban J connectivity index is 3.52. The lowest BCUT2D eigenvalue weighted by Gasteiger charge is -2.22. The molecule has 0 heterocycles. The van der Waals surface area contributed by atoms with E-state index in [1.54, 1.807) is 0 Å². The molecule has 64 heavy (non-hydrogen) atoms. The van der Waals surface area contributed by atoms with Gasteiger partial charge in [0.1, 0.15) is 0 Å². The van der Waals surface area contributed by atoms with Gasteiger partial charge in [0, 0.05) is 6.42 Å². The maximum Gasteiger partial charge on any atom is 0.220 e. The summed E-state index contributed by atoms with van der Waals surface area (Å²) in [6.45, 7) is 4.26. The number of unbranched alkanes of at least 4 members (excludes halogenated alkanes) is 32. The second-order valence-electron chi connectivity index (χ2n) is 19.0. The zero-order valence-corrected chi connectivity index (χ0v) is 42.8. The molecule has 0 bridgehead atoms. The quantitative estimate of drug-likeness (QED) is 0.0421. The monoisotopic (exact) mass is 892 g/mol. The Morgan fingerprint density at radius 2 is 0.688 bits per heavy atom. The average molecular weight is 893 g/mol. The van der Waals surface area contributed by atoms with E-state index in [1.807, 2.05) is 0 Å². The van der Waals surface area contributed by atoms with Gasteiger partial charge in [-0.3, -0.25) is 4.79 Å². The van der Waals surface area contributed by atoms with E-state index in [9.17, 15) is 15.0 Å². The fourth-order valence-electron chi connectivity index (χ4n) is 8.48. The molecule has 0 aromatic heterocycles.